The number of amides is 1. The van der Waals surface area contributed by atoms with Gasteiger partial charge < -0.3 is 19.7 Å². The van der Waals surface area contributed by atoms with E-state index in [0.29, 0.717) is 32.3 Å². The van der Waals surface area contributed by atoms with Crippen LogP contribution >= 0.6 is 0 Å². The minimum atomic E-state index is -0.325. The van der Waals surface area contributed by atoms with E-state index in [0.717, 1.165) is 34.1 Å². The smallest absolute Gasteiger partial charge is 0.325 e. The highest BCUT2D eigenvalue weighted by atomic mass is 19.1. The largest absolute Gasteiger partial charge is 0.508 e. The van der Waals surface area contributed by atoms with Gasteiger partial charge in [0.05, 0.1) is 6.61 Å². The fraction of sp³-hybridized carbons (Fsp3) is 0.360. The third-order valence-electron chi connectivity index (χ3n) is 5.96. The van der Waals surface area contributed by atoms with Crippen LogP contribution in [0.1, 0.15) is 36.6 Å². The Kier molecular flexibility index (Phi) is 6.44. The second-order valence-electron chi connectivity index (χ2n) is 8.15. The van der Waals surface area contributed by atoms with Gasteiger partial charge in [0, 0.05) is 29.1 Å². The monoisotopic (exact) mass is 438 g/mol. The quantitative estimate of drug-likeness (QED) is 0.552. The number of nitrogens with one attached hydrogen (secondary N) is 1. The molecule has 0 unspecified atom stereocenters. The normalized spacial score (nSPS) is 15.4. The van der Waals surface area contributed by atoms with Crippen molar-refractivity contribution in [2.45, 2.75) is 51.6 Å². The molecular weight excluding hydrogens is 411 g/mol. The molecule has 1 aliphatic carbocycles. The summed E-state index contributed by atoms with van der Waals surface area (Å²) in [6.07, 6.45) is 2.98. The fourth-order valence-corrected chi connectivity index (χ4v) is 4.48. The van der Waals surface area contributed by atoms with Gasteiger partial charge in [-0.3, -0.25) is 9.59 Å². The Morgan fingerprint density at radius 1 is 1.22 bits per heavy atom. The first kappa shape index (κ1) is 21.9. The average molecular weight is 438 g/mol. The first-order valence-electron chi connectivity index (χ1n) is 11.0. The van der Waals surface area contributed by atoms with E-state index in [1.807, 2.05) is 16.7 Å². The molecule has 0 spiro atoms. The highest BCUT2D eigenvalue weighted by Gasteiger charge is 2.27. The first-order chi connectivity index (χ1) is 15.4. The van der Waals surface area contributed by atoms with Gasteiger partial charge in [0.2, 0.25) is 5.91 Å². The molecule has 7 heteroatoms. The Labute approximate surface area is 186 Å². The van der Waals surface area contributed by atoms with Crippen LogP contribution in [0.4, 0.5) is 4.39 Å². The van der Waals surface area contributed by atoms with Crippen molar-refractivity contribution in [2.24, 2.45) is 0 Å². The van der Waals surface area contributed by atoms with Crippen LogP contribution in [-0.4, -0.2) is 34.2 Å². The second-order valence-corrected chi connectivity index (χ2v) is 8.15. The predicted octanol–water partition coefficient (Wildman–Crippen LogP) is 3.66. The molecule has 1 heterocycles. The summed E-state index contributed by atoms with van der Waals surface area (Å²) in [5.74, 6) is -0.474. The van der Waals surface area contributed by atoms with Gasteiger partial charge in [-0.25, -0.2) is 4.39 Å². The van der Waals surface area contributed by atoms with E-state index in [1.54, 1.807) is 25.1 Å². The number of aromatic hydroxyl groups is 1. The van der Waals surface area contributed by atoms with Crippen molar-refractivity contribution < 1.29 is 23.8 Å². The minimum absolute atomic E-state index is 0.0343. The van der Waals surface area contributed by atoms with Crippen LogP contribution in [0.25, 0.3) is 10.9 Å². The topological polar surface area (TPSA) is 80.6 Å². The van der Waals surface area contributed by atoms with Crippen molar-refractivity contribution in [1.82, 2.24) is 9.88 Å². The van der Waals surface area contributed by atoms with E-state index in [-0.39, 0.29) is 36.0 Å². The summed E-state index contributed by atoms with van der Waals surface area (Å²) >= 11 is 0. The Bertz CT molecular complexity index is 1140. The number of phenolic OH excluding ortho intramolecular Hbond substituents is 1. The maximum absolute atomic E-state index is 14.0. The van der Waals surface area contributed by atoms with E-state index < -0.39 is 0 Å². The molecule has 1 aromatic heterocycles. The second kappa shape index (κ2) is 9.42. The number of aromatic nitrogens is 1. The lowest BCUT2D eigenvalue weighted by Crippen LogP contribution is -2.39. The zero-order chi connectivity index (χ0) is 22.7. The molecule has 2 aromatic carbocycles. The Morgan fingerprint density at radius 3 is 2.75 bits per heavy atom. The molecule has 4 rings (SSSR count). The molecule has 3 aromatic rings. The molecule has 32 heavy (non-hydrogen) atoms. The Hall–Kier alpha value is -3.35. The molecule has 1 atom stereocenters. The number of esters is 1. The summed E-state index contributed by atoms with van der Waals surface area (Å²) in [6.45, 7) is 2.17. The standard InChI is InChI=1S/C25H27FN2O4/c1-2-32-25(31)15-28-22-10-6-17(26)13-20(22)21-14-18(7-11-23(21)28)27-24(30)12-5-16-3-8-19(29)9-4-16/h3-4,6,8-10,13,18,29H,2,5,7,11-12,14-15H2,1H3,(H,27,30)/t18-/m0/s1. The number of aryl methyl sites for hydroxylation is 1. The number of halogens is 1. The Morgan fingerprint density at radius 2 is 2.00 bits per heavy atom. The molecule has 0 radical (unpaired) electrons. The number of benzene rings is 2. The van der Waals surface area contributed by atoms with Crippen LogP contribution in [0.5, 0.6) is 5.75 Å². The average Bonchev–Trinajstić information content (AvgIpc) is 3.06. The number of hydrogen-bond donors (Lipinski definition) is 2. The minimum Gasteiger partial charge on any atom is -0.508 e. The van der Waals surface area contributed by atoms with E-state index >= 15 is 0 Å². The van der Waals surface area contributed by atoms with Crippen LogP contribution in [0, 0.1) is 5.82 Å². The van der Waals surface area contributed by atoms with Gasteiger partial charge in [-0.1, -0.05) is 12.1 Å². The summed E-state index contributed by atoms with van der Waals surface area (Å²) in [7, 11) is 0. The number of carbonyl (C=O) groups is 2. The molecular formula is C25H27FN2O4. The number of ether oxygens (including phenoxy) is 1. The summed E-state index contributed by atoms with van der Waals surface area (Å²) in [4.78, 5) is 24.7. The number of rotatable bonds is 7. The fourth-order valence-electron chi connectivity index (χ4n) is 4.48. The van der Waals surface area contributed by atoms with E-state index in [2.05, 4.69) is 5.32 Å². The van der Waals surface area contributed by atoms with Crippen LogP contribution in [0.15, 0.2) is 42.5 Å². The SMILES string of the molecule is CCOC(=O)Cn1c2c(c3cc(F)ccc31)C[C@@H](NC(=O)CCc1ccc(O)cc1)CC2. The number of phenols is 1. The molecule has 6 nitrogen and oxygen atoms in total. The van der Waals surface area contributed by atoms with Gasteiger partial charge in [-0.2, -0.15) is 0 Å². The highest BCUT2D eigenvalue weighted by molar-refractivity contribution is 5.87. The van der Waals surface area contributed by atoms with Gasteiger partial charge in [0.25, 0.3) is 0 Å². The lowest BCUT2D eigenvalue weighted by atomic mass is 9.91. The predicted molar refractivity (Wildman–Crippen MR) is 119 cm³/mol. The number of carbonyl (C=O) groups excluding carboxylic acids is 2. The lowest BCUT2D eigenvalue weighted by molar-refractivity contribution is -0.143. The lowest BCUT2D eigenvalue weighted by Gasteiger charge is -2.25. The van der Waals surface area contributed by atoms with Gasteiger partial charge in [-0.15, -0.1) is 0 Å². The van der Waals surface area contributed by atoms with Crippen molar-refractivity contribution in [1.29, 1.82) is 0 Å². The van der Waals surface area contributed by atoms with Crippen LogP contribution in [0.3, 0.4) is 0 Å². The molecule has 0 saturated heterocycles. The molecule has 1 amide bonds. The highest BCUT2D eigenvalue weighted by Crippen LogP contribution is 2.33. The van der Waals surface area contributed by atoms with Crippen molar-refractivity contribution in [3.05, 3.63) is 65.1 Å². The molecule has 0 bridgehead atoms. The van der Waals surface area contributed by atoms with E-state index in [4.69, 9.17) is 4.74 Å². The number of hydrogen-bond acceptors (Lipinski definition) is 4. The Balaban J connectivity index is 1.48. The molecule has 0 saturated carbocycles. The van der Waals surface area contributed by atoms with Gasteiger partial charge >= 0.3 is 5.97 Å². The van der Waals surface area contributed by atoms with Crippen LogP contribution in [0.2, 0.25) is 0 Å². The van der Waals surface area contributed by atoms with Crippen molar-refractivity contribution in [3.8, 4) is 5.75 Å². The van der Waals surface area contributed by atoms with E-state index in [9.17, 15) is 19.1 Å². The molecule has 1 aliphatic rings. The first-order valence-corrected chi connectivity index (χ1v) is 11.0. The van der Waals surface area contributed by atoms with E-state index in [1.165, 1.54) is 12.1 Å². The van der Waals surface area contributed by atoms with Crippen molar-refractivity contribution >= 4 is 22.8 Å². The summed E-state index contributed by atoms with van der Waals surface area (Å²) in [5, 5.41) is 13.3. The third-order valence-corrected chi connectivity index (χ3v) is 5.96. The number of fused-ring (bicyclic) bond motifs is 3. The van der Waals surface area contributed by atoms with Crippen LogP contribution < -0.4 is 5.32 Å². The zero-order valence-corrected chi connectivity index (χ0v) is 18.1. The molecule has 0 aliphatic heterocycles. The summed E-state index contributed by atoms with van der Waals surface area (Å²) in [6, 6.07) is 11.4. The van der Waals surface area contributed by atoms with Crippen LogP contribution in [-0.2, 0) is 40.1 Å². The maximum atomic E-state index is 14.0. The zero-order valence-electron chi connectivity index (χ0n) is 18.1. The summed E-state index contributed by atoms with van der Waals surface area (Å²) in [5.41, 5.74) is 3.79. The number of nitrogens with zero attached hydrogens (tertiary/aromatic N) is 1. The van der Waals surface area contributed by atoms with Gasteiger partial charge in [0.1, 0.15) is 18.1 Å². The molecule has 0 fully saturated rings. The van der Waals surface area contributed by atoms with Gasteiger partial charge in [-0.05, 0) is 74.1 Å². The summed E-state index contributed by atoms with van der Waals surface area (Å²) < 4.78 is 21.0. The van der Waals surface area contributed by atoms with Crippen molar-refractivity contribution in [2.75, 3.05) is 6.61 Å². The molecule has 2 N–H and O–H groups in total. The molecule has 168 valence electrons. The van der Waals surface area contributed by atoms with Crippen molar-refractivity contribution in [3.63, 3.8) is 0 Å². The third kappa shape index (κ3) is 4.77. The van der Waals surface area contributed by atoms with Gasteiger partial charge in [0.15, 0.2) is 0 Å². The maximum Gasteiger partial charge on any atom is 0.325 e.